The van der Waals surface area contributed by atoms with Crippen LogP contribution in [0.5, 0.6) is 0 Å². The minimum Gasteiger partial charge on any atom is -0.145 e. The van der Waals surface area contributed by atoms with Crippen LogP contribution >= 0.6 is 12.6 Å². The summed E-state index contributed by atoms with van der Waals surface area (Å²) >= 11 is 4.03. The number of benzene rings is 2. The third-order valence-corrected chi connectivity index (χ3v) is 2.89. The second-order valence-electron chi connectivity index (χ2n) is 6.96. The van der Waals surface area contributed by atoms with Gasteiger partial charge in [0.15, 0.2) is 0 Å². The van der Waals surface area contributed by atoms with E-state index in [2.05, 4.69) is 89.7 Å². The van der Waals surface area contributed by atoms with Gasteiger partial charge in [0.2, 0.25) is 0 Å². The molecule has 126 valence electrons. The first-order valence-corrected chi connectivity index (χ1v) is 8.29. The first-order chi connectivity index (χ1) is 10.7. The third-order valence-electron chi connectivity index (χ3n) is 2.59. The Morgan fingerprint density at radius 3 is 1.61 bits per heavy atom. The van der Waals surface area contributed by atoms with Gasteiger partial charge in [0.25, 0.3) is 0 Å². The van der Waals surface area contributed by atoms with Gasteiger partial charge in [-0.2, -0.15) is 0 Å². The van der Waals surface area contributed by atoms with E-state index in [1.165, 1.54) is 5.56 Å². The maximum atomic E-state index is 9.84. The molecule has 0 aliphatic heterocycles. The van der Waals surface area contributed by atoms with Gasteiger partial charge in [-0.15, -0.1) is 17.5 Å². The van der Waals surface area contributed by atoms with E-state index >= 15 is 0 Å². The molecule has 0 aromatic heterocycles. The SMILES string of the molecule is CC(C)(C)c1ccccc1.CC(C)C.O=Nc1ccc(S)cc1. The molecule has 23 heavy (non-hydrogen) atoms. The fourth-order valence-corrected chi connectivity index (χ4v) is 1.60. The topological polar surface area (TPSA) is 29.4 Å². The molecule has 0 unspecified atom stereocenters. The monoisotopic (exact) mass is 331 g/mol. The Kier molecular flexibility index (Phi) is 10.2. The summed E-state index contributed by atoms with van der Waals surface area (Å²) in [4.78, 5) is 10.7. The van der Waals surface area contributed by atoms with Gasteiger partial charge in [-0.25, -0.2) is 0 Å². The summed E-state index contributed by atoms with van der Waals surface area (Å²) in [6.07, 6.45) is 0. The second kappa shape index (κ2) is 11.0. The minimum atomic E-state index is 0.293. The second-order valence-corrected chi connectivity index (χ2v) is 7.47. The summed E-state index contributed by atoms with van der Waals surface area (Å²) in [5, 5.41) is 2.73. The van der Waals surface area contributed by atoms with Crippen molar-refractivity contribution in [2.75, 3.05) is 0 Å². The van der Waals surface area contributed by atoms with E-state index in [9.17, 15) is 4.91 Å². The van der Waals surface area contributed by atoms with Gasteiger partial charge in [0, 0.05) is 4.90 Å². The predicted molar refractivity (Wildman–Crippen MR) is 105 cm³/mol. The molecule has 0 saturated heterocycles. The van der Waals surface area contributed by atoms with Crippen LogP contribution in [0.25, 0.3) is 0 Å². The van der Waals surface area contributed by atoms with E-state index in [0.29, 0.717) is 11.1 Å². The molecular weight excluding hydrogens is 302 g/mol. The third kappa shape index (κ3) is 11.6. The minimum absolute atomic E-state index is 0.293. The molecule has 2 aromatic carbocycles. The number of nitroso groups, excluding NO2 is 1. The van der Waals surface area contributed by atoms with Crippen molar-refractivity contribution in [3.63, 3.8) is 0 Å². The van der Waals surface area contributed by atoms with Crippen LogP contribution < -0.4 is 0 Å². The van der Waals surface area contributed by atoms with E-state index < -0.39 is 0 Å². The fourth-order valence-electron chi connectivity index (χ4n) is 1.45. The van der Waals surface area contributed by atoms with Crippen molar-refractivity contribution >= 4 is 18.3 Å². The zero-order valence-corrected chi connectivity index (χ0v) is 16.0. The van der Waals surface area contributed by atoms with Gasteiger partial charge in [0.1, 0.15) is 5.69 Å². The molecule has 0 N–H and O–H groups in total. The Hall–Kier alpha value is -1.61. The van der Waals surface area contributed by atoms with Gasteiger partial charge < -0.3 is 0 Å². The predicted octanol–water partition coefficient (Wildman–Crippen LogP) is 7.02. The van der Waals surface area contributed by atoms with Gasteiger partial charge in [-0.1, -0.05) is 71.9 Å². The average Bonchev–Trinajstić information content (AvgIpc) is 2.48. The Labute approximate surface area is 146 Å². The lowest BCUT2D eigenvalue weighted by atomic mass is 9.87. The summed E-state index contributed by atoms with van der Waals surface area (Å²) in [6.45, 7) is 13.2. The molecule has 0 aliphatic carbocycles. The molecule has 0 aliphatic rings. The number of hydrogen-bond donors (Lipinski definition) is 1. The summed E-state index contributed by atoms with van der Waals surface area (Å²) in [5.74, 6) is 0.833. The van der Waals surface area contributed by atoms with Crippen molar-refractivity contribution in [2.45, 2.75) is 51.9 Å². The van der Waals surface area contributed by atoms with Crippen molar-refractivity contribution in [3.8, 4) is 0 Å². The lowest BCUT2D eigenvalue weighted by Gasteiger charge is -2.18. The van der Waals surface area contributed by atoms with Crippen LogP contribution in [0.2, 0.25) is 0 Å². The molecular formula is C20H29NOS. The Bertz CT molecular complexity index is 539. The highest BCUT2D eigenvalue weighted by Gasteiger charge is 2.11. The van der Waals surface area contributed by atoms with E-state index in [-0.39, 0.29) is 0 Å². The average molecular weight is 332 g/mol. The zero-order valence-electron chi connectivity index (χ0n) is 15.1. The van der Waals surface area contributed by atoms with E-state index in [1.807, 2.05) is 0 Å². The molecule has 0 heterocycles. The van der Waals surface area contributed by atoms with Crippen LogP contribution in [0.15, 0.2) is 64.7 Å². The summed E-state index contributed by atoms with van der Waals surface area (Å²) < 4.78 is 0. The Morgan fingerprint density at radius 1 is 0.870 bits per heavy atom. The fraction of sp³-hybridized carbons (Fsp3) is 0.400. The number of nitrogens with zero attached hydrogens (tertiary/aromatic N) is 1. The number of rotatable bonds is 1. The molecule has 0 bridgehead atoms. The molecule has 2 rings (SSSR count). The first-order valence-electron chi connectivity index (χ1n) is 7.84. The van der Waals surface area contributed by atoms with Crippen LogP contribution in [0.1, 0.15) is 47.1 Å². The molecule has 0 radical (unpaired) electrons. The lowest BCUT2D eigenvalue weighted by molar-refractivity contribution is 0.590. The van der Waals surface area contributed by atoms with Crippen LogP contribution in [-0.4, -0.2) is 0 Å². The van der Waals surface area contributed by atoms with Gasteiger partial charge in [-0.05, 0) is 46.3 Å². The van der Waals surface area contributed by atoms with Gasteiger partial charge in [-0.3, -0.25) is 0 Å². The van der Waals surface area contributed by atoms with Crippen LogP contribution in [-0.2, 0) is 5.41 Å². The molecule has 0 saturated carbocycles. The van der Waals surface area contributed by atoms with Crippen LogP contribution in [0.4, 0.5) is 5.69 Å². The maximum absolute atomic E-state index is 9.84. The molecule has 0 atom stereocenters. The molecule has 2 aromatic rings. The normalized spacial score (nSPS) is 10.1. The summed E-state index contributed by atoms with van der Waals surface area (Å²) in [5.41, 5.74) is 2.13. The van der Waals surface area contributed by atoms with E-state index in [4.69, 9.17) is 0 Å². The smallest absolute Gasteiger partial charge is 0.108 e. The largest absolute Gasteiger partial charge is 0.145 e. The van der Waals surface area contributed by atoms with E-state index in [1.54, 1.807) is 24.3 Å². The highest BCUT2D eigenvalue weighted by molar-refractivity contribution is 7.80. The standard InChI is InChI=1S/C10H14.C6H5NOS.C4H10/c1-10(2,3)9-7-5-4-6-8-9;8-7-5-1-3-6(9)4-2-5;1-4(2)3/h4-8H,1-3H3;1-4,9H;4H,1-3H3. The molecule has 2 nitrogen and oxygen atoms in total. The zero-order chi connectivity index (χ0) is 17.9. The van der Waals surface area contributed by atoms with Crippen molar-refractivity contribution < 1.29 is 0 Å². The van der Waals surface area contributed by atoms with Crippen molar-refractivity contribution in [1.82, 2.24) is 0 Å². The van der Waals surface area contributed by atoms with E-state index in [0.717, 1.165) is 10.8 Å². The van der Waals surface area contributed by atoms with Crippen LogP contribution in [0, 0.1) is 10.8 Å². The maximum Gasteiger partial charge on any atom is 0.108 e. The summed E-state index contributed by atoms with van der Waals surface area (Å²) in [6, 6.07) is 17.2. The van der Waals surface area contributed by atoms with Crippen LogP contribution in [0.3, 0.4) is 0 Å². The van der Waals surface area contributed by atoms with Crippen molar-refractivity contribution in [3.05, 3.63) is 65.1 Å². The quantitative estimate of drug-likeness (QED) is 0.441. The number of hydrogen-bond acceptors (Lipinski definition) is 3. The highest BCUT2D eigenvalue weighted by atomic mass is 32.1. The highest BCUT2D eigenvalue weighted by Crippen LogP contribution is 2.20. The molecule has 3 heteroatoms. The van der Waals surface area contributed by atoms with Gasteiger partial charge in [0.05, 0.1) is 0 Å². The Balaban J connectivity index is 0.000000345. The number of thiol groups is 1. The first kappa shape index (κ1) is 21.4. The van der Waals surface area contributed by atoms with Crippen molar-refractivity contribution in [1.29, 1.82) is 0 Å². The van der Waals surface area contributed by atoms with Gasteiger partial charge >= 0.3 is 0 Å². The lowest BCUT2D eigenvalue weighted by Crippen LogP contribution is -2.10. The summed E-state index contributed by atoms with van der Waals surface area (Å²) in [7, 11) is 0. The van der Waals surface area contributed by atoms with Crippen molar-refractivity contribution in [2.24, 2.45) is 11.1 Å². The molecule has 0 fully saturated rings. The Morgan fingerprint density at radius 2 is 1.30 bits per heavy atom. The molecule has 0 spiro atoms. The molecule has 0 amide bonds.